The van der Waals surface area contributed by atoms with Crippen molar-refractivity contribution in [1.82, 2.24) is 10.6 Å². The molecule has 1 aromatic carbocycles. The maximum atomic E-state index is 13.6. The fraction of sp³-hybridized carbons (Fsp3) is 0.381. The molecule has 2 aromatic rings. The van der Waals surface area contributed by atoms with E-state index in [0.29, 0.717) is 4.88 Å². The third-order valence-electron chi connectivity index (χ3n) is 4.93. The van der Waals surface area contributed by atoms with Gasteiger partial charge in [0.15, 0.2) is 0 Å². The average Bonchev–Trinajstić information content (AvgIpc) is 3.28. The highest BCUT2D eigenvalue weighted by atomic mass is 35.5. The second-order valence-corrected chi connectivity index (χ2v) is 8.50. The first-order valence-electron chi connectivity index (χ1n) is 9.80. The minimum Gasteiger partial charge on any atom is -0.352 e. The minimum atomic E-state index is -0.620. The van der Waals surface area contributed by atoms with Crippen LogP contribution in [0.15, 0.2) is 35.7 Å². The van der Waals surface area contributed by atoms with Gasteiger partial charge in [0.2, 0.25) is 11.8 Å². The topological polar surface area (TPSA) is 78.5 Å². The van der Waals surface area contributed by atoms with E-state index in [1.54, 1.807) is 17.5 Å². The third kappa shape index (κ3) is 6.03. The molecule has 160 valence electrons. The van der Waals surface area contributed by atoms with Gasteiger partial charge in [0.05, 0.1) is 16.4 Å². The quantitative estimate of drug-likeness (QED) is 0.672. The molecule has 0 radical (unpaired) electrons. The maximum absolute atomic E-state index is 13.6. The highest BCUT2D eigenvalue weighted by molar-refractivity contribution is 7.12. The molecule has 1 aliphatic carbocycles. The van der Waals surface area contributed by atoms with Crippen LogP contribution in [0.2, 0.25) is 5.02 Å². The molecular formula is C21H23ClFN3O3S. The summed E-state index contributed by atoms with van der Waals surface area (Å²) >= 11 is 7.13. The number of amides is 3. The van der Waals surface area contributed by atoms with E-state index in [1.807, 2.05) is 0 Å². The van der Waals surface area contributed by atoms with Crippen LogP contribution in [0.25, 0.3) is 0 Å². The molecule has 0 atom stereocenters. The third-order valence-corrected chi connectivity index (χ3v) is 6.09. The zero-order valence-electron chi connectivity index (χ0n) is 16.3. The summed E-state index contributed by atoms with van der Waals surface area (Å²) in [7, 11) is 0. The molecule has 2 N–H and O–H groups in total. The number of hydrogen-bond acceptors (Lipinski definition) is 4. The van der Waals surface area contributed by atoms with Gasteiger partial charge in [-0.05, 0) is 42.5 Å². The lowest BCUT2D eigenvalue weighted by molar-refractivity contribution is -0.124. The second-order valence-electron chi connectivity index (χ2n) is 7.14. The van der Waals surface area contributed by atoms with Crippen molar-refractivity contribution < 1.29 is 18.8 Å². The van der Waals surface area contributed by atoms with E-state index in [2.05, 4.69) is 10.6 Å². The number of nitrogens with zero attached hydrogens (tertiary/aromatic N) is 1. The van der Waals surface area contributed by atoms with Crippen molar-refractivity contribution >= 4 is 46.3 Å². The summed E-state index contributed by atoms with van der Waals surface area (Å²) < 4.78 is 13.6. The lowest BCUT2D eigenvalue weighted by Crippen LogP contribution is -2.47. The lowest BCUT2D eigenvalue weighted by Gasteiger charge is -2.26. The summed E-state index contributed by atoms with van der Waals surface area (Å²) in [4.78, 5) is 39.2. The van der Waals surface area contributed by atoms with Gasteiger partial charge in [-0.2, -0.15) is 0 Å². The van der Waals surface area contributed by atoms with Crippen LogP contribution in [0.3, 0.4) is 0 Å². The molecule has 1 aromatic heterocycles. The van der Waals surface area contributed by atoms with Crippen LogP contribution < -0.4 is 15.5 Å². The molecular weight excluding hydrogens is 429 g/mol. The fourth-order valence-electron chi connectivity index (χ4n) is 3.39. The molecule has 1 saturated carbocycles. The van der Waals surface area contributed by atoms with Gasteiger partial charge >= 0.3 is 0 Å². The van der Waals surface area contributed by atoms with E-state index < -0.39 is 11.7 Å². The van der Waals surface area contributed by atoms with Crippen LogP contribution >= 0.6 is 22.9 Å². The van der Waals surface area contributed by atoms with Gasteiger partial charge in [-0.15, -0.1) is 11.3 Å². The fourth-order valence-corrected chi connectivity index (χ4v) is 4.20. The molecule has 1 aliphatic rings. The second kappa shape index (κ2) is 10.5. The number of rotatable bonds is 7. The van der Waals surface area contributed by atoms with Crippen LogP contribution in [0.4, 0.5) is 10.1 Å². The van der Waals surface area contributed by atoms with Crippen LogP contribution in [0.1, 0.15) is 41.8 Å². The highest BCUT2D eigenvalue weighted by Gasteiger charge is 2.23. The first kappa shape index (κ1) is 22.2. The molecule has 0 unspecified atom stereocenters. The number of halogens is 2. The number of hydrogen-bond donors (Lipinski definition) is 2. The number of carbonyl (C=O) groups is 3. The normalized spacial score (nSPS) is 14.2. The number of benzene rings is 1. The zero-order chi connectivity index (χ0) is 21.5. The van der Waals surface area contributed by atoms with E-state index in [1.165, 1.54) is 28.4 Å². The number of anilines is 1. The number of nitrogens with one attached hydrogen (secondary N) is 2. The van der Waals surface area contributed by atoms with Crippen LogP contribution in [-0.4, -0.2) is 36.9 Å². The molecule has 0 saturated heterocycles. The van der Waals surface area contributed by atoms with Crippen molar-refractivity contribution in [2.45, 2.75) is 38.1 Å². The Labute approximate surface area is 183 Å². The Morgan fingerprint density at radius 1 is 1.17 bits per heavy atom. The maximum Gasteiger partial charge on any atom is 0.261 e. The Morgan fingerprint density at radius 3 is 2.60 bits per heavy atom. The summed E-state index contributed by atoms with van der Waals surface area (Å²) in [5.41, 5.74) is 0.288. The zero-order valence-corrected chi connectivity index (χ0v) is 17.9. The van der Waals surface area contributed by atoms with Gasteiger partial charge in [-0.25, -0.2) is 4.39 Å². The van der Waals surface area contributed by atoms with Crippen molar-refractivity contribution in [1.29, 1.82) is 0 Å². The monoisotopic (exact) mass is 451 g/mol. The summed E-state index contributed by atoms with van der Waals surface area (Å²) in [5.74, 6) is -1.80. The predicted octanol–water partition coefficient (Wildman–Crippen LogP) is 3.75. The Morgan fingerprint density at radius 2 is 1.93 bits per heavy atom. The summed E-state index contributed by atoms with van der Waals surface area (Å²) in [6.45, 7) is -0.547. The predicted molar refractivity (Wildman–Crippen MR) is 115 cm³/mol. The Kier molecular flexibility index (Phi) is 7.81. The van der Waals surface area contributed by atoms with Gasteiger partial charge in [-0.1, -0.05) is 36.9 Å². The molecule has 0 bridgehead atoms. The highest BCUT2D eigenvalue weighted by Crippen LogP contribution is 2.23. The SMILES string of the molecule is O=C(CN(C(=O)CNC(=O)c1cccs1)c1ccc(F)c(Cl)c1)NC1CCCCC1. The molecule has 9 heteroatoms. The molecule has 0 aliphatic heterocycles. The van der Waals surface area contributed by atoms with Crippen molar-refractivity contribution in [2.75, 3.05) is 18.0 Å². The van der Waals surface area contributed by atoms with E-state index in [4.69, 9.17) is 11.6 Å². The van der Waals surface area contributed by atoms with Crippen molar-refractivity contribution in [3.05, 3.63) is 51.4 Å². The van der Waals surface area contributed by atoms with Gasteiger partial charge < -0.3 is 15.5 Å². The largest absolute Gasteiger partial charge is 0.352 e. The molecule has 3 rings (SSSR count). The molecule has 30 heavy (non-hydrogen) atoms. The smallest absolute Gasteiger partial charge is 0.261 e. The van der Waals surface area contributed by atoms with E-state index in [-0.39, 0.29) is 41.7 Å². The molecule has 1 fully saturated rings. The molecule has 0 spiro atoms. The summed E-state index contributed by atoms with van der Waals surface area (Å²) in [5, 5.41) is 7.13. The van der Waals surface area contributed by atoms with Gasteiger partial charge in [0, 0.05) is 11.7 Å². The summed E-state index contributed by atoms with van der Waals surface area (Å²) in [6.07, 6.45) is 5.12. The molecule has 3 amide bonds. The van der Waals surface area contributed by atoms with Crippen LogP contribution in [0.5, 0.6) is 0 Å². The Balaban J connectivity index is 1.69. The van der Waals surface area contributed by atoms with Crippen molar-refractivity contribution in [3.63, 3.8) is 0 Å². The first-order valence-corrected chi connectivity index (χ1v) is 11.1. The standard InChI is InChI=1S/C21H23ClFN3O3S/c22-16-11-15(8-9-17(16)23)26(13-19(27)25-14-5-2-1-3-6-14)20(28)12-24-21(29)18-7-4-10-30-18/h4,7-11,14H,1-3,5-6,12-13H2,(H,24,29)(H,25,27). The average molecular weight is 452 g/mol. The summed E-state index contributed by atoms with van der Waals surface area (Å²) in [6, 6.07) is 7.31. The van der Waals surface area contributed by atoms with E-state index in [0.717, 1.165) is 38.2 Å². The van der Waals surface area contributed by atoms with Crippen LogP contribution in [-0.2, 0) is 9.59 Å². The van der Waals surface area contributed by atoms with Gasteiger partial charge in [0.1, 0.15) is 12.4 Å². The van der Waals surface area contributed by atoms with Crippen molar-refractivity contribution in [3.8, 4) is 0 Å². The lowest BCUT2D eigenvalue weighted by atomic mass is 9.95. The van der Waals surface area contributed by atoms with E-state index >= 15 is 0 Å². The number of carbonyl (C=O) groups excluding carboxylic acids is 3. The van der Waals surface area contributed by atoms with Gasteiger partial charge in [0.25, 0.3) is 5.91 Å². The molecule has 6 nitrogen and oxygen atoms in total. The Bertz CT molecular complexity index is 901. The van der Waals surface area contributed by atoms with Gasteiger partial charge in [-0.3, -0.25) is 14.4 Å². The van der Waals surface area contributed by atoms with Crippen LogP contribution in [0, 0.1) is 5.82 Å². The number of thiophene rings is 1. The minimum absolute atomic E-state index is 0.0959. The first-order chi connectivity index (χ1) is 14.4. The van der Waals surface area contributed by atoms with E-state index in [9.17, 15) is 18.8 Å². The van der Waals surface area contributed by atoms with Crippen molar-refractivity contribution in [2.24, 2.45) is 0 Å². The Hall–Kier alpha value is -2.45. The molecule has 1 heterocycles.